The van der Waals surface area contributed by atoms with Crippen molar-refractivity contribution in [2.45, 2.75) is 32.6 Å². The molecule has 0 unspecified atom stereocenters. The Hall–Kier alpha value is -0.960. The Bertz CT molecular complexity index is 487. The molecule has 0 spiro atoms. The molecular weight excluding hydrogens is 192 g/mol. The van der Waals surface area contributed by atoms with Crippen LogP contribution in [0.5, 0.6) is 0 Å². The molecule has 0 saturated carbocycles. The Morgan fingerprint density at radius 3 is 3.14 bits per heavy atom. The molecule has 0 aromatic carbocycles. The monoisotopic (exact) mass is 204 g/mol. The van der Waals surface area contributed by atoms with Crippen molar-refractivity contribution in [3.05, 3.63) is 22.5 Å². The lowest BCUT2D eigenvalue weighted by Crippen LogP contribution is -1.90. The largest absolute Gasteiger partial charge is 0.241 e. The van der Waals surface area contributed by atoms with Gasteiger partial charge in [-0.1, -0.05) is 6.92 Å². The highest BCUT2D eigenvalue weighted by Crippen LogP contribution is 2.37. The summed E-state index contributed by atoms with van der Waals surface area (Å²) in [5.74, 6) is 0. The fourth-order valence-corrected chi connectivity index (χ4v) is 3.51. The van der Waals surface area contributed by atoms with Crippen molar-refractivity contribution in [1.29, 1.82) is 0 Å². The molecule has 2 aromatic heterocycles. The van der Waals surface area contributed by atoms with Crippen LogP contribution in [0.2, 0.25) is 0 Å². The summed E-state index contributed by atoms with van der Waals surface area (Å²) < 4.78 is 0. The third kappa shape index (κ3) is 1.02. The number of rotatable bonds is 1. The Labute approximate surface area is 87.0 Å². The Kier molecular flexibility index (Phi) is 1.80. The number of fused-ring (bicyclic) bond motifs is 3. The van der Waals surface area contributed by atoms with Crippen LogP contribution in [0.15, 0.2) is 6.33 Å². The van der Waals surface area contributed by atoms with E-state index in [-0.39, 0.29) is 0 Å². The summed E-state index contributed by atoms with van der Waals surface area (Å²) in [6, 6.07) is 0. The van der Waals surface area contributed by atoms with Gasteiger partial charge >= 0.3 is 0 Å². The van der Waals surface area contributed by atoms with E-state index in [1.54, 1.807) is 16.8 Å². The minimum atomic E-state index is 1.02. The van der Waals surface area contributed by atoms with E-state index in [0.29, 0.717) is 0 Å². The maximum atomic E-state index is 4.37. The molecule has 0 aliphatic heterocycles. The predicted octanol–water partition coefficient (Wildman–Crippen LogP) is 2.74. The van der Waals surface area contributed by atoms with Crippen molar-refractivity contribution in [3.63, 3.8) is 0 Å². The van der Waals surface area contributed by atoms with Crippen molar-refractivity contribution in [3.8, 4) is 0 Å². The molecule has 0 atom stereocenters. The first-order valence-electron chi connectivity index (χ1n) is 5.14. The Morgan fingerprint density at radius 1 is 1.36 bits per heavy atom. The second-order valence-corrected chi connectivity index (χ2v) is 4.80. The quantitative estimate of drug-likeness (QED) is 0.713. The Balaban J connectivity index is 2.39. The molecule has 0 saturated heterocycles. The number of aromatic nitrogens is 2. The number of aryl methyl sites for hydroxylation is 3. The van der Waals surface area contributed by atoms with Crippen molar-refractivity contribution >= 4 is 21.6 Å². The maximum Gasteiger partial charge on any atom is 0.127 e. The summed E-state index contributed by atoms with van der Waals surface area (Å²) in [7, 11) is 0. The molecule has 0 radical (unpaired) electrons. The first-order chi connectivity index (χ1) is 6.90. The van der Waals surface area contributed by atoms with E-state index in [0.717, 1.165) is 6.42 Å². The van der Waals surface area contributed by atoms with Crippen molar-refractivity contribution in [2.75, 3.05) is 0 Å². The molecule has 2 heterocycles. The van der Waals surface area contributed by atoms with Gasteiger partial charge in [0.1, 0.15) is 11.2 Å². The van der Waals surface area contributed by atoms with E-state index in [1.807, 2.05) is 11.3 Å². The zero-order valence-corrected chi connectivity index (χ0v) is 9.02. The average molecular weight is 204 g/mol. The molecule has 2 nitrogen and oxygen atoms in total. The number of hydrogen-bond donors (Lipinski definition) is 0. The van der Waals surface area contributed by atoms with Crippen LogP contribution in [-0.4, -0.2) is 9.97 Å². The number of hydrogen-bond acceptors (Lipinski definition) is 3. The predicted molar refractivity (Wildman–Crippen MR) is 58.8 cm³/mol. The molecule has 0 fully saturated rings. The summed E-state index contributed by atoms with van der Waals surface area (Å²) in [5, 5.41) is 1.37. The smallest absolute Gasteiger partial charge is 0.127 e. The molecule has 72 valence electrons. The van der Waals surface area contributed by atoms with Crippen LogP contribution < -0.4 is 0 Å². The molecule has 3 rings (SSSR count). The second-order valence-electron chi connectivity index (χ2n) is 3.71. The third-order valence-corrected chi connectivity index (χ3v) is 4.11. The minimum Gasteiger partial charge on any atom is -0.241 e. The number of nitrogens with zero attached hydrogens (tertiary/aromatic N) is 2. The van der Waals surface area contributed by atoms with Gasteiger partial charge < -0.3 is 0 Å². The van der Waals surface area contributed by atoms with E-state index in [4.69, 9.17) is 0 Å². The van der Waals surface area contributed by atoms with Crippen molar-refractivity contribution in [1.82, 2.24) is 9.97 Å². The van der Waals surface area contributed by atoms with Crippen LogP contribution in [0.1, 0.15) is 29.5 Å². The van der Waals surface area contributed by atoms with Crippen LogP contribution >= 0.6 is 11.3 Å². The van der Waals surface area contributed by atoms with Gasteiger partial charge in [0, 0.05) is 10.3 Å². The summed E-state index contributed by atoms with van der Waals surface area (Å²) in [5.41, 5.74) is 2.77. The maximum absolute atomic E-state index is 4.37. The van der Waals surface area contributed by atoms with E-state index >= 15 is 0 Å². The standard InChI is InChI=1S/C11H12N2S/c1-2-8-10-7-4-3-5-9(7)14-11(10)13-6-12-8/h6H,2-5H2,1H3. The average Bonchev–Trinajstić information content (AvgIpc) is 2.75. The molecule has 0 N–H and O–H groups in total. The summed E-state index contributed by atoms with van der Waals surface area (Å²) in [6.07, 6.45) is 6.51. The van der Waals surface area contributed by atoms with Crippen molar-refractivity contribution in [2.24, 2.45) is 0 Å². The van der Waals surface area contributed by atoms with Crippen LogP contribution in [-0.2, 0) is 19.3 Å². The highest BCUT2D eigenvalue weighted by atomic mass is 32.1. The van der Waals surface area contributed by atoms with Crippen LogP contribution in [0, 0.1) is 0 Å². The normalized spacial score (nSPS) is 14.9. The van der Waals surface area contributed by atoms with Gasteiger partial charge in [0.15, 0.2) is 0 Å². The zero-order valence-electron chi connectivity index (χ0n) is 8.21. The van der Waals surface area contributed by atoms with E-state index in [1.165, 1.54) is 35.2 Å². The van der Waals surface area contributed by atoms with Gasteiger partial charge in [-0.05, 0) is 31.2 Å². The van der Waals surface area contributed by atoms with Gasteiger partial charge in [-0.15, -0.1) is 11.3 Å². The first-order valence-corrected chi connectivity index (χ1v) is 5.96. The molecule has 1 aliphatic carbocycles. The lowest BCUT2D eigenvalue weighted by atomic mass is 10.1. The molecule has 3 heteroatoms. The molecular formula is C11H12N2S. The summed E-state index contributed by atoms with van der Waals surface area (Å²) in [4.78, 5) is 11.5. The molecule has 0 bridgehead atoms. The highest BCUT2D eigenvalue weighted by Gasteiger charge is 2.20. The van der Waals surface area contributed by atoms with Gasteiger partial charge in [0.05, 0.1) is 5.69 Å². The van der Waals surface area contributed by atoms with E-state index in [2.05, 4.69) is 16.9 Å². The van der Waals surface area contributed by atoms with Gasteiger partial charge in [0.2, 0.25) is 0 Å². The third-order valence-electron chi connectivity index (χ3n) is 2.91. The second kappa shape index (κ2) is 3.02. The fraction of sp³-hybridized carbons (Fsp3) is 0.455. The number of thiophene rings is 1. The molecule has 2 aromatic rings. The fourth-order valence-electron chi connectivity index (χ4n) is 2.26. The highest BCUT2D eigenvalue weighted by molar-refractivity contribution is 7.18. The minimum absolute atomic E-state index is 1.02. The zero-order chi connectivity index (χ0) is 9.54. The van der Waals surface area contributed by atoms with Gasteiger partial charge in [-0.25, -0.2) is 9.97 Å². The van der Waals surface area contributed by atoms with Crippen LogP contribution in [0.4, 0.5) is 0 Å². The molecule has 1 aliphatic rings. The van der Waals surface area contributed by atoms with E-state index in [9.17, 15) is 0 Å². The SMILES string of the molecule is CCc1ncnc2sc3c(c12)CCC3. The Morgan fingerprint density at radius 2 is 2.29 bits per heavy atom. The van der Waals surface area contributed by atoms with E-state index < -0.39 is 0 Å². The molecule has 14 heavy (non-hydrogen) atoms. The van der Waals surface area contributed by atoms with Crippen molar-refractivity contribution < 1.29 is 0 Å². The van der Waals surface area contributed by atoms with Gasteiger partial charge in [0.25, 0.3) is 0 Å². The van der Waals surface area contributed by atoms with Gasteiger partial charge in [-0.2, -0.15) is 0 Å². The summed E-state index contributed by atoms with van der Waals surface area (Å²) in [6.45, 7) is 2.17. The lowest BCUT2D eigenvalue weighted by Gasteiger charge is -1.99. The summed E-state index contributed by atoms with van der Waals surface area (Å²) >= 11 is 1.86. The van der Waals surface area contributed by atoms with Crippen LogP contribution in [0.3, 0.4) is 0 Å². The van der Waals surface area contributed by atoms with Crippen LogP contribution in [0.25, 0.3) is 10.2 Å². The van der Waals surface area contributed by atoms with Gasteiger partial charge in [-0.3, -0.25) is 0 Å². The molecule has 0 amide bonds. The first kappa shape index (κ1) is 8.36. The topological polar surface area (TPSA) is 25.8 Å². The lowest BCUT2D eigenvalue weighted by molar-refractivity contribution is 0.915.